The van der Waals surface area contributed by atoms with Crippen LogP contribution in [-0.2, 0) is 6.42 Å². The largest absolute Gasteiger partial charge is 0.492 e. The van der Waals surface area contributed by atoms with Gasteiger partial charge in [-0.3, -0.25) is 4.98 Å². The lowest BCUT2D eigenvalue weighted by Crippen LogP contribution is -2.30. The van der Waals surface area contributed by atoms with Crippen molar-refractivity contribution in [1.82, 2.24) is 10.3 Å². The number of aryl methyl sites for hydroxylation is 1. The summed E-state index contributed by atoms with van der Waals surface area (Å²) in [4.78, 5) is 4.24. The van der Waals surface area contributed by atoms with E-state index in [9.17, 15) is 0 Å². The van der Waals surface area contributed by atoms with Gasteiger partial charge in [0.2, 0.25) is 0 Å². The molecular weight excluding hydrogens is 236 g/mol. The van der Waals surface area contributed by atoms with E-state index in [-0.39, 0.29) is 0 Å². The highest BCUT2D eigenvalue weighted by atomic mass is 16.5. The number of hydrogen-bond donors (Lipinski definition) is 1. The molecule has 1 unspecified atom stereocenters. The summed E-state index contributed by atoms with van der Waals surface area (Å²) in [6, 6.07) is 2.74. The van der Waals surface area contributed by atoms with Gasteiger partial charge in [-0.2, -0.15) is 0 Å². The molecule has 3 nitrogen and oxygen atoms in total. The van der Waals surface area contributed by atoms with Crippen LogP contribution in [0.15, 0.2) is 18.5 Å². The first-order chi connectivity index (χ1) is 9.30. The number of ether oxygens (including phenoxy) is 1. The molecule has 0 amide bonds. The highest BCUT2D eigenvalue weighted by Gasteiger charge is 2.07. The molecule has 0 saturated heterocycles. The van der Waals surface area contributed by atoms with Crippen LogP contribution in [0.25, 0.3) is 0 Å². The Bertz CT molecular complexity index is 341. The van der Waals surface area contributed by atoms with Gasteiger partial charge < -0.3 is 10.1 Å². The van der Waals surface area contributed by atoms with Crippen molar-refractivity contribution >= 4 is 0 Å². The summed E-state index contributed by atoms with van der Waals surface area (Å²) in [5.41, 5.74) is 1.27. The second-order valence-corrected chi connectivity index (χ2v) is 4.94. The van der Waals surface area contributed by atoms with Crippen molar-refractivity contribution in [3.8, 4) is 5.75 Å². The van der Waals surface area contributed by atoms with Crippen LogP contribution in [0.4, 0.5) is 0 Å². The summed E-state index contributed by atoms with van der Waals surface area (Å²) in [6.07, 6.45) is 9.65. The monoisotopic (exact) mass is 264 g/mol. The lowest BCUT2D eigenvalue weighted by molar-refractivity contribution is 0.338. The molecule has 0 spiro atoms. The molecule has 0 bridgehead atoms. The Balaban J connectivity index is 2.45. The quantitative estimate of drug-likeness (QED) is 0.701. The molecule has 0 saturated carbocycles. The molecule has 19 heavy (non-hydrogen) atoms. The Morgan fingerprint density at radius 3 is 2.68 bits per heavy atom. The van der Waals surface area contributed by atoms with Crippen molar-refractivity contribution in [2.24, 2.45) is 0 Å². The summed E-state index contributed by atoms with van der Waals surface area (Å²) in [5.74, 6) is 0.883. The summed E-state index contributed by atoms with van der Waals surface area (Å²) in [7, 11) is 0. The molecule has 1 N–H and O–H groups in total. The van der Waals surface area contributed by atoms with Gasteiger partial charge in [-0.15, -0.1) is 0 Å². The molecule has 0 aliphatic rings. The Kier molecular flexibility index (Phi) is 8.23. The lowest BCUT2D eigenvalue weighted by Gasteiger charge is -2.17. The average molecular weight is 264 g/mol. The Morgan fingerprint density at radius 2 is 2.00 bits per heavy atom. The minimum absolute atomic E-state index is 0.626. The fourth-order valence-corrected chi connectivity index (χ4v) is 2.23. The predicted octanol–water partition coefficient (Wildman–Crippen LogP) is 3.58. The van der Waals surface area contributed by atoms with Crippen LogP contribution < -0.4 is 10.1 Å². The van der Waals surface area contributed by atoms with Crippen molar-refractivity contribution in [3.63, 3.8) is 0 Å². The third-order valence-electron chi connectivity index (χ3n) is 3.18. The highest BCUT2D eigenvalue weighted by Crippen LogP contribution is 2.14. The fraction of sp³-hybridized carbons (Fsp3) is 0.688. The molecule has 1 rings (SSSR count). The molecule has 0 fully saturated rings. The van der Waals surface area contributed by atoms with Gasteiger partial charge in [0.1, 0.15) is 5.75 Å². The van der Waals surface area contributed by atoms with E-state index in [2.05, 4.69) is 30.2 Å². The van der Waals surface area contributed by atoms with Crippen LogP contribution in [0.2, 0.25) is 0 Å². The number of aromatic nitrogens is 1. The van der Waals surface area contributed by atoms with Gasteiger partial charge in [-0.05, 0) is 50.8 Å². The van der Waals surface area contributed by atoms with Gasteiger partial charge in [0.25, 0.3) is 0 Å². The Morgan fingerprint density at radius 1 is 1.16 bits per heavy atom. The van der Waals surface area contributed by atoms with Gasteiger partial charge in [-0.25, -0.2) is 0 Å². The number of nitrogens with one attached hydrogen (secondary N) is 1. The van der Waals surface area contributed by atoms with Gasteiger partial charge in [0.05, 0.1) is 12.8 Å². The summed E-state index contributed by atoms with van der Waals surface area (Å²) < 4.78 is 5.49. The van der Waals surface area contributed by atoms with E-state index in [0.29, 0.717) is 12.6 Å². The van der Waals surface area contributed by atoms with Crippen LogP contribution in [0.1, 0.15) is 52.0 Å². The number of nitrogens with zero attached hydrogens (tertiary/aromatic N) is 1. The van der Waals surface area contributed by atoms with Crippen LogP contribution in [0.5, 0.6) is 5.75 Å². The first-order valence-electron chi connectivity index (χ1n) is 7.60. The summed E-state index contributed by atoms with van der Waals surface area (Å²) >= 11 is 0. The van der Waals surface area contributed by atoms with Gasteiger partial charge in [0, 0.05) is 12.2 Å². The minimum atomic E-state index is 0.626. The molecule has 0 aliphatic carbocycles. The van der Waals surface area contributed by atoms with Crippen LogP contribution in [-0.4, -0.2) is 24.2 Å². The topological polar surface area (TPSA) is 34.2 Å². The van der Waals surface area contributed by atoms with Crippen LogP contribution >= 0.6 is 0 Å². The molecular formula is C16H28N2O. The SMILES string of the molecule is CCCNC(CCC)CCc1cncc(OCC)c1. The second kappa shape index (κ2) is 9.79. The molecule has 0 radical (unpaired) electrons. The molecule has 1 atom stereocenters. The zero-order valence-corrected chi connectivity index (χ0v) is 12.6. The number of rotatable bonds is 10. The Labute approximate surface area is 117 Å². The normalized spacial score (nSPS) is 12.4. The third-order valence-corrected chi connectivity index (χ3v) is 3.18. The maximum Gasteiger partial charge on any atom is 0.137 e. The van der Waals surface area contributed by atoms with Gasteiger partial charge in [0.15, 0.2) is 0 Å². The first kappa shape index (κ1) is 16.0. The second-order valence-electron chi connectivity index (χ2n) is 4.94. The summed E-state index contributed by atoms with van der Waals surface area (Å²) in [5, 5.41) is 3.63. The van der Waals surface area contributed by atoms with Gasteiger partial charge in [-0.1, -0.05) is 20.3 Å². The van der Waals surface area contributed by atoms with Gasteiger partial charge >= 0.3 is 0 Å². The predicted molar refractivity (Wildman–Crippen MR) is 80.7 cm³/mol. The van der Waals surface area contributed by atoms with Crippen molar-refractivity contribution < 1.29 is 4.74 Å². The molecule has 0 aromatic carbocycles. The highest BCUT2D eigenvalue weighted by molar-refractivity contribution is 5.23. The van der Waals surface area contributed by atoms with E-state index in [0.717, 1.165) is 18.7 Å². The standard InChI is InChI=1S/C16H28N2O/c1-4-7-15(18-10-5-2)9-8-14-11-16(19-6-3)13-17-12-14/h11-13,15,18H,4-10H2,1-3H3. The molecule has 108 valence electrons. The van der Waals surface area contributed by atoms with E-state index in [4.69, 9.17) is 4.74 Å². The maximum absolute atomic E-state index is 5.49. The smallest absolute Gasteiger partial charge is 0.137 e. The maximum atomic E-state index is 5.49. The lowest BCUT2D eigenvalue weighted by atomic mass is 10.0. The molecule has 1 aromatic rings. The molecule has 0 aliphatic heterocycles. The van der Waals surface area contributed by atoms with Crippen molar-refractivity contribution in [1.29, 1.82) is 0 Å². The average Bonchev–Trinajstić information content (AvgIpc) is 2.43. The van der Waals surface area contributed by atoms with E-state index in [1.165, 1.54) is 31.2 Å². The van der Waals surface area contributed by atoms with Crippen LogP contribution in [0.3, 0.4) is 0 Å². The molecule has 1 aromatic heterocycles. The van der Waals surface area contributed by atoms with E-state index >= 15 is 0 Å². The van der Waals surface area contributed by atoms with Crippen LogP contribution in [0, 0.1) is 0 Å². The minimum Gasteiger partial charge on any atom is -0.492 e. The number of hydrogen-bond acceptors (Lipinski definition) is 3. The van der Waals surface area contributed by atoms with E-state index in [1.807, 2.05) is 13.1 Å². The zero-order chi connectivity index (χ0) is 13.9. The van der Waals surface area contributed by atoms with Crippen molar-refractivity contribution in [2.75, 3.05) is 13.2 Å². The van der Waals surface area contributed by atoms with Crippen molar-refractivity contribution in [3.05, 3.63) is 24.0 Å². The summed E-state index contributed by atoms with van der Waals surface area (Å²) in [6.45, 7) is 8.27. The van der Waals surface area contributed by atoms with Crippen molar-refractivity contribution in [2.45, 2.75) is 58.9 Å². The third kappa shape index (κ3) is 6.58. The first-order valence-corrected chi connectivity index (χ1v) is 7.60. The molecule has 1 heterocycles. The molecule has 3 heteroatoms. The van der Waals surface area contributed by atoms with E-state index in [1.54, 1.807) is 6.20 Å². The van der Waals surface area contributed by atoms with E-state index < -0.39 is 0 Å². The fourth-order valence-electron chi connectivity index (χ4n) is 2.23. The zero-order valence-electron chi connectivity index (χ0n) is 12.6. The number of pyridine rings is 1. The Hall–Kier alpha value is -1.09.